The van der Waals surface area contributed by atoms with E-state index in [1.807, 2.05) is 25.1 Å². The van der Waals surface area contributed by atoms with E-state index in [1.165, 1.54) is 6.20 Å². The second-order valence-corrected chi connectivity index (χ2v) is 4.65. The fourth-order valence-electron chi connectivity index (χ4n) is 1.85. The molecule has 0 aliphatic rings. The van der Waals surface area contributed by atoms with Crippen molar-refractivity contribution in [2.24, 2.45) is 0 Å². The summed E-state index contributed by atoms with van der Waals surface area (Å²) in [4.78, 5) is 27.8. The molecular formula is C16H17N3O2. The standard InChI is InChI=1S/C16H17N3O2/c1-11-7-8-13(10-18-11)16(21)19-14-6-4-3-5-12(14)9-15(20)17-2/h3-8,10H,9H2,1-2H3,(H,17,20)(H,19,21). The molecule has 2 rings (SSSR count). The Bertz CT molecular complexity index is 651. The van der Waals surface area contributed by atoms with Gasteiger partial charge in [0.05, 0.1) is 12.0 Å². The summed E-state index contributed by atoms with van der Waals surface area (Å²) in [7, 11) is 1.58. The molecule has 21 heavy (non-hydrogen) atoms. The van der Waals surface area contributed by atoms with Gasteiger partial charge in [0.1, 0.15) is 0 Å². The summed E-state index contributed by atoms with van der Waals surface area (Å²) in [6.07, 6.45) is 1.76. The van der Waals surface area contributed by atoms with Gasteiger partial charge in [0.15, 0.2) is 0 Å². The number of hydrogen-bond acceptors (Lipinski definition) is 3. The first-order valence-corrected chi connectivity index (χ1v) is 6.62. The molecule has 5 heteroatoms. The van der Waals surface area contributed by atoms with Crippen LogP contribution in [0.3, 0.4) is 0 Å². The predicted molar refractivity (Wildman–Crippen MR) is 81.1 cm³/mol. The Morgan fingerprint density at radius 1 is 1.14 bits per heavy atom. The third-order valence-electron chi connectivity index (χ3n) is 3.07. The highest BCUT2D eigenvalue weighted by molar-refractivity contribution is 6.04. The van der Waals surface area contributed by atoms with Crippen LogP contribution >= 0.6 is 0 Å². The van der Waals surface area contributed by atoms with Gasteiger partial charge < -0.3 is 10.6 Å². The van der Waals surface area contributed by atoms with Crippen LogP contribution in [0.2, 0.25) is 0 Å². The fourth-order valence-corrected chi connectivity index (χ4v) is 1.85. The number of aromatic nitrogens is 1. The summed E-state index contributed by atoms with van der Waals surface area (Å²) < 4.78 is 0. The average molecular weight is 283 g/mol. The molecule has 0 unspecified atom stereocenters. The molecule has 0 saturated heterocycles. The summed E-state index contributed by atoms with van der Waals surface area (Å²) >= 11 is 0. The number of benzene rings is 1. The highest BCUT2D eigenvalue weighted by Crippen LogP contribution is 2.16. The van der Waals surface area contributed by atoms with Crippen molar-refractivity contribution in [2.75, 3.05) is 12.4 Å². The molecule has 0 radical (unpaired) electrons. The molecule has 0 aliphatic carbocycles. The Hall–Kier alpha value is -2.69. The largest absolute Gasteiger partial charge is 0.359 e. The minimum Gasteiger partial charge on any atom is -0.359 e. The van der Waals surface area contributed by atoms with Crippen molar-refractivity contribution in [3.63, 3.8) is 0 Å². The number of carbonyl (C=O) groups is 2. The summed E-state index contributed by atoms with van der Waals surface area (Å²) in [6, 6.07) is 10.7. The van der Waals surface area contributed by atoms with E-state index in [-0.39, 0.29) is 18.2 Å². The van der Waals surface area contributed by atoms with Crippen molar-refractivity contribution in [1.82, 2.24) is 10.3 Å². The molecule has 2 amide bonds. The lowest BCUT2D eigenvalue weighted by molar-refractivity contribution is -0.119. The number of amides is 2. The first-order valence-electron chi connectivity index (χ1n) is 6.62. The maximum atomic E-state index is 12.2. The summed E-state index contributed by atoms with van der Waals surface area (Å²) in [5.41, 5.74) is 2.74. The van der Waals surface area contributed by atoms with Gasteiger partial charge >= 0.3 is 0 Å². The van der Waals surface area contributed by atoms with Gasteiger partial charge in [0.25, 0.3) is 5.91 Å². The first kappa shape index (κ1) is 14.7. The van der Waals surface area contributed by atoms with Crippen molar-refractivity contribution in [2.45, 2.75) is 13.3 Å². The van der Waals surface area contributed by atoms with Crippen molar-refractivity contribution in [3.05, 3.63) is 59.4 Å². The van der Waals surface area contributed by atoms with Crippen LogP contribution in [0.15, 0.2) is 42.6 Å². The number of nitrogens with zero attached hydrogens (tertiary/aromatic N) is 1. The van der Waals surface area contributed by atoms with E-state index < -0.39 is 0 Å². The highest BCUT2D eigenvalue weighted by atomic mass is 16.2. The number of pyridine rings is 1. The van der Waals surface area contributed by atoms with E-state index in [0.29, 0.717) is 11.3 Å². The lowest BCUT2D eigenvalue weighted by Crippen LogP contribution is -2.21. The van der Waals surface area contributed by atoms with Gasteiger partial charge in [-0.3, -0.25) is 14.6 Å². The van der Waals surface area contributed by atoms with Crippen molar-refractivity contribution < 1.29 is 9.59 Å². The first-order chi connectivity index (χ1) is 10.1. The molecule has 0 atom stereocenters. The van der Waals surface area contributed by atoms with Crippen molar-refractivity contribution >= 4 is 17.5 Å². The highest BCUT2D eigenvalue weighted by Gasteiger charge is 2.11. The van der Waals surface area contributed by atoms with E-state index in [9.17, 15) is 9.59 Å². The molecule has 0 aliphatic heterocycles. The average Bonchev–Trinajstić information content (AvgIpc) is 2.49. The smallest absolute Gasteiger partial charge is 0.257 e. The van der Waals surface area contributed by atoms with E-state index >= 15 is 0 Å². The third kappa shape index (κ3) is 3.89. The molecule has 108 valence electrons. The second-order valence-electron chi connectivity index (χ2n) is 4.65. The summed E-state index contributed by atoms with van der Waals surface area (Å²) in [6.45, 7) is 1.86. The molecule has 0 spiro atoms. The zero-order chi connectivity index (χ0) is 15.2. The van der Waals surface area contributed by atoms with E-state index in [2.05, 4.69) is 15.6 Å². The lowest BCUT2D eigenvalue weighted by Gasteiger charge is -2.10. The Balaban J connectivity index is 2.17. The molecule has 5 nitrogen and oxygen atoms in total. The molecule has 0 fully saturated rings. The Kier molecular flexibility index (Phi) is 4.66. The Morgan fingerprint density at radius 2 is 1.90 bits per heavy atom. The minimum absolute atomic E-state index is 0.103. The number of hydrogen-bond donors (Lipinski definition) is 2. The maximum absolute atomic E-state index is 12.2. The van der Waals surface area contributed by atoms with Crippen LogP contribution in [0.5, 0.6) is 0 Å². The fraction of sp³-hybridized carbons (Fsp3) is 0.188. The normalized spacial score (nSPS) is 10.0. The molecule has 0 bridgehead atoms. The van der Waals surface area contributed by atoms with E-state index in [4.69, 9.17) is 0 Å². The third-order valence-corrected chi connectivity index (χ3v) is 3.07. The number of anilines is 1. The number of likely N-dealkylation sites (N-methyl/N-ethyl adjacent to an activating group) is 1. The zero-order valence-electron chi connectivity index (χ0n) is 12.0. The Morgan fingerprint density at radius 3 is 2.57 bits per heavy atom. The van der Waals surface area contributed by atoms with Gasteiger partial charge in [-0.2, -0.15) is 0 Å². The topological polar surface area (TPSA) is 71.1 Å². The molecule has 2 aromatic rings. The van der Waals surface area contributed by atoms with Gasteiger partial charge in [-0.05, 0) is 30.7 Å². The molecule has 2 N–H and O–H groups in total. The molecule has 1 aromatic heterocycles. The SMILES string of the molecule is CNC(=O)Cc1ccccc1NC(=O)c1ccc(C)nc1. The van der Waals surface area contributed by atoms with Crippen molar-refractivity contribution in [3.8, 4) is 0 Å². The Labute approximate surface area is 123 Å². The van der Waals surface area contributed by atoms with Crippen LogP contribution in [-0.2, 0) is 11.2 Å². The van der Waals surface area contributed by atoms with Crippen LogP contribution in [-0.4, -0.2) is 23.8 Å². The monoisotopic (exact) mass is 283 g/mol. The van der Waals surface area contributed by atoms with Crippen LogP contribution in [0, 0.1) is 6.92 Å². The number of carbonyl (C=O) groups excluding carboxylic acids is 2. The van der Waals surface area contributed by atoms with Crippen LogP contribution in [0.25, 0.3) is 0 Å². The minimum atomic E-state index is -0.244. The number of rotatable bonds is 4. The number of aryl methyl sites for hydroxylation is 1. The van der Waals surface area contributed by atoms with Gasteiger partial charge in [0.2, 0.25) is 5.91 Å². The molecule has 1 aromatic carbocycles. The number of nitrogens with one attached hydrogen (secondary N) is 2. The lowest BCUT2D eigenvalue weighted by atomic mass is 10.1. The van der Waals surface area contributed by atoms with Gasteiger partial charge in [0, 0.05) is 24.6 Å². The van der Waals surface area contributed by atoms with Crippen LogP contribution in [0.4, 0.5) is 5.69 Å². The maximum Gasteiger partial charge on any atom is 0.257 e. The van der Waals surface area contributed by atoms with Crippen molar-refractivity contribution in [1.29, 1.82) is 0 Å². The predicted octanol–water partition coefficient (Wildman–Crippen LogP) is 1.93. The number of para-hydroxylation sites is 1. The van der Waals surface area contributed by atoms with Gasteiger partial charge in [-0.25, -0.2) is 0 Å². The van der Waals surface area contributed by atoms with E-state index in [0.717, 1.165) is 11.3 Å². The van der Waals surface area contributed by atoms with Gasteiger partial charge in [-0.15, -0.1) is 0 Å². The summed E-state index contributed by atoms with van der Waals surface area (Å²) in [5, 5.41) is 5.39. The molecule has 0 saturated carbocycles. The van der Waals surface area contributed by atoms with Gasteiger partial charge in [-0.1, -0.05) is 18.2 Å². The second kappa shape index (κ2) is 6.65. The zero-order valence-corrected chi connectivity index (χ0v) is 12.0. The molecular weight excluding hydrogens is 266 g/mol. The van der Waals surface area contributed by atoms with Crippen LogP contribution in [0.1, 0.15) is 21.6 Å². The molecule has 1 heterocycles. The quantitative estimate of drug-likeness (QED) is 0.900. The summed E-state index contributed by atoms with van der Waals surface area (Å²) in [5.74, 6) is -0.347. The van der Waals surface area contributed by atoms with Crippen LogP contribution < -0.4 is 10.6 Å². The van der Waals surface area contributed by atoms with E-state index in [1.54, 1.807) is 25.2 Å².